The number of fused-ring (bicyclic) bond motifs is 4. The van der Waals surface area contributed by atoms with Crippen molar-refractivity contribution in [2.24, 2.45) is 0 Å². The second-order valence-electron chi connectivity index (χ2n) is 7.35. The van der Waals surface area contributed by atoms with Crippen molar-refractivity contribution in [2.75, 3.05) is 0 Å². The number of nitrogens with zero attached hydrogens (tertiary/aromatic N) is 1. The molecule has 0 aliphatic heterocycles. The predicted molar refractivity (Wildman–Crippen MR) is 105 cm³/mol. The third-order valence-electron chi connectivity index (χ3n) is 5.51. The molecule has 0 amide bonds. The van der Waals surface area contributed by atoms with Gasteiger partial charge in [-0.2, -0.15) is 0 Å². The molecule has 1 aromatic heterocycles. The van der Waals surface area contributed by atoms with Gasteiger partial charge in [-0.05, 0) is 39.8 Å². The van der Waals surface area contributed by atoms with Crippen LogP contribution in [0.4, 0.5) is 0 Å². The SMILES string of the molecule is CC1(C)c2ccccc2-c2cc(-c3cc4ccccc4cn3)ccc21. The van der Waals surface area contributed by atoms with E-state index >= 15 is 0 Å². The van der Waals surface area contributed by atoms with Crippen LogP contribution < -0.4 is 0 Å². The topological polar surface area (TPSA) is 12.9 Å². The number of hydrogen-bond acceptors (Lipinski definition) is 1. The van der Waals surface area contributed by atoms with Gasteiger partial charge in [-0.15, -0.1) is 0 Å². The van der Waals surface area contributed by atoms with E-state index in [1.807, 2.05) is 6.20 Å². The van der Waals surface area contributed by atoms with Crippen molar-refractivity contribution in [1.29, 1.82) is 0 Å². The summed E-state index contributed by atoms with van der Waals surface area (Å²) < 4.78 is 0. The van der Waals surface area contributed by atoms with E-state index < -0.39 is 0 Å². The molecular weight excluding hydrogens is 302 g/mol. The zero-order chi connectivity index (χ0) is 17.0. The standard InChI is InChI=1S/C24H19N/c1-24(2)21-10-6-5-9-19(21)20-13-17(11-12-22(20)24)23-14-16-7-3-4-8-18(16)15-25-23/h3-15H,1-2H3. The van der Waals surface area contributed by atoms with Gasteiger partial charge in [0.25, 0.3) is 0 Å². The first kappa shape index (κ1) is 14.4. The summed E-state index contributed by atoms with van der Waals surface area (Å²) in [7, 11) is 0. The summed E-state index contributed by atoms with van der Waals surface area (Å²) in [6.07, 6.45) is 1.97. The van der Waals surface area contributed by atoms with Gasteiger partial charge >= 0.3 is 0 Å². The van der Waals surface area contributed by atoms with E-state index in [4.69, 9.17) is 4.98 Å². The molecule has 1 nitrogen and oxygen atoms in total. The van der Waals surface area contributed by atoms with Gasteiger partial charge in [0.15, 0.2) is 0 Å². The molecule has 3 aromatic carbocycles. The number of rotatable bonds is 1. The molecule has 1 aliphatic rings. The van der Waals surface area contributed by atoms with E-state index in [9.17, 15) is 0 Å². The van der Waals surface area contributed by atoms with Gasteiger partial charge in [0, 0.05) is 22.6 Å². The maximum Gasteiger partial charge on any atom is 0.0708 e. The second-order valence-corrected chi connectivity index (χ2v) is 7.35. The molecule has 0 bridgehead atoms. The van der Waals surface area contributed by atoms with Crippen molar-refractivity contribution in [3.8, 4) is 22.4 Å². The third kappa shape index (κ3) is 2.05. The van der Waals surface area contributed by atoms with Crippen LogP contribution >= 0.6 is 0 Å². The molecule has 1 aliphatic carbocycles. The molecule has 0 saturated carbocycles. The van der Waals surface area contributed by atoms with Crippen molar-refractivity contribution in [3.05, 3.63) is 90.1 Å². The van der Waals surface area contributed by atoms with Crippen molar-refractivity contribution < 1.29 is 0 Å². The summed E-state index contributed by atoms with van der Waals surface area (Å²) in [4.78, 5) is 4.69. The van der Waals surface area contributed by atoms with Gasteiger partial charge in [0.1, 0.15) is 0 Å². The molecule has 0 N–H and O–H groups in total. The summed E-state index contributed by atoms with van der Waals surface area (Å²) in [5.74, 6) is 0. The van der Waals surface area contributed by atoms with Gasteiger partial charge in [0.05, 0.1) is 5.69 Å². The maximum atomic E-state index is 4.69. The minimum atomic E-state index is 0.0568. The normalized spacial score (nSPS) is 14.3. The highest BCUT2D eigenvalue weighted by Crippen LogP contribution is 2.49. The first-order valence-electron chi connectivity index (χ1n) is 8.74. The molecule has 25 heavy (non-hydrogen) atoms. The van der Waals surface area contributed by atoms with Crippen molar-refractivity contribution in [3.63, 3.8) is 0 Å². The average molecular weight is 321 g/mol. The largest absolute Gasteiger partial charge is 0.256 e. The van der Waals surface area contributed by atoms with Crippen LogP contribution in [0.3, 0.4) is 0 Å². The summed E-state index contributed by atoms with van der Waals surface area (Å²) in [6.45, 7) is 4.62. The Morgan fingerprint density at radius 1 is 0.680 bits per heavy atom. The lowest BCUT2D eigenvalue weighted by Crippen LogP contribution is -2.14. The lowest BCUT2D eigenvalue weighted by atomic mass is 9.82. The predicted octanol–water partition coefficient (Wildman–Crippen LogP) is 6.21. The summed E-state index contributed by atoms with van der Waals surface area (Å²) in [5.41, 5.74) is 7.77. The Balaban J connectivity index is 1.71. The van der Waals surface area contributed by atoms with E-state index in [-0.39, 0.29) is 5.41 Å². The highest BCUT2D eigenvalue weighted by molar-refractivity contribution is 5.87. The number of aromatic nitrogens is 1. The Labute approximate surface area is 148 Å². The fourth-order valence-corrected chi connectivity index (χ4v) is 4.12. The molecule has 1 heteroatoms. The molecule has 0 saturated heterocycles. The third-order valence-corrected chi connectivity index (χ3v) is 5.51. The molecule has 1 heterocycles. The lowest BCUT2D eigenvalue weighted by Gasteiger charge is -2.21. The van der Waals surface area contributed by atoms with Crippen LogP contribution in [0.1, 0.15) is 25.0 Å². The first-order valence-corrected chi connectivity index (χ1v) is 8.74. The molecular formula is C24H19N. The second kappa shape index (κ2) is 5.03. The molecule has 0 fully saturated rings. The van der Waals surface area contributed by atoms with E-state index in [0.29, 0.717) is 0 Å². The first-order chi connectivity index (χ1) is 12.1. The fraction of sp³-hybridized carbons (Fsp3) is 0.125. The molecule has 0 unspecified atom stereocenters. The number of pyridine rings is 1. The van der Waals surface area contributed by atoms with Gasteiger partial charge in [-0.3, -0.25) is 4.98 Å². The van der Waals surface area contributed by atoms with E-state index in [1.165, 1.54) is 38.6 Å². The van der Waals surface area contributed by atoms with Crippen molar-refractivity contribution in [2.45, 2.75) is 19.3 Å². The zero-order valence-electron chi connectivity index (χ0n) is 14.5. The Morgan fingerprint density at radius 3 is 2.28 bits per heavy atom. The molecule has 0 radical (unpaired) electrons. The van der Waals surface area contributed by atoms with Crippen molar-refractivity contribution >= 4 is 10.8 Å². The van der Waals surface area contributed by atoms with Crippen LogP contribution in [-0.4, -0.2) is 4.98 Å². The van der Waals surface area contributed by atoms with E-state index in [0.717, 1.165) is 5.69 Å². The quantitative estimate of drug-likeness (QED) is 0.406. The molecule has 120 valence electrons. The van der Waals surface area contributed by atoms with Crippen molar-refractivity contribution in [1.82, 2.24) is 4.98 Å². The van der Waals surface area contributed by atoms with E-state index in [1.54, 1.807) is 0 Å². The van der Waals surface area contributed by atoms with Crippen LogP contribution in [0, 0.1) is 0 Å². The maximum absolute atomic E-state index is 4.69. The minimum Gasteiger partial charge on any atom is -0.256 e. The van der Waals surface area contributed by atoms with Gasteiger partial charge < -0.3 is 0 Å². The summed E-state index contributed by atoms with van der Waals surface area (Å²) >= 11 is 0. The molecule has 0 atom stereocenters. The van der Waals surface area contributed by atoms with Crippen LogP contribution in [0.5, 0.6) is 0 Å². The van der Waals surface area contributed by atoms with E-state index in [2.05, 4.69) is 86.6 Å². The van der Waals surface area contributed by atoms with Crippen LogP contribution in [0.15, 0.2) is 79.0 Å². The highest BCUT2D eigenvalue weighted by Gasteiger charge is 2.35. The Bertz CT molecular complexity index is 1120. The molecule has 0 spiro atoms. The minimum absolute atomic E-state index is 0.0568. The monoisotopic (exact) mass is 321 g/mol. The van der Waals surface area contributed by atoms with Gasteiger partial charge in [-0.25, -0.2) is 0 Å². The smallest absolute Gasteiger partial charge is 0.0708 e. The summed E-state index contributed by atoms with van der Waals surface area (Å²) in [5, 5.41) is 2.41. The highest BCUT2D eigenvalue weighted by atomic mass is 14.7. The Kier molecular flexibility index (Phi) is 2.90. The fourth-order valence-electron chi connectivity index (χ4n) is 4.12. The number of benzene rings is 3. The van der Waals surface area contributed by atoms with Gasteiger partial charge in [-0.1, -0.05) is 74.5 Å². The Morgan fingerprint density at radius 2 is 1.40 bits per heavy atom. The van der Waals surface area contributed by atoms with Gasteiger partial charge in [0.2, 0.25) is 0 Å². The average Bonchev–Trinajstić information content (AvgIpc) is 2.89. The zero-order valence-corrected chi connectivity index (χ0v) is 14.5. The molecule has 4 aromatic rings. The lowest BCUT2D eigenvalue weighted by molar-refractivity contribution is 0.660. The van der Waals surface area contributed by atoms with Crippen LogP contribution in [0.25, 0.3) is 33.2 Å². The molecule has 5 rings (SSSR count). The van der Waals surface area contributed by atoms with Crippen LogP contribution in [0.2, 0.25) is 0 Å². The Hall–Kier alpha value is -2.93. The number of hydrogen-bond donors (Lipinski definition) is 0. The summed E-state index contributed by atoms with van der Waals surface area (Å²) in [6, 6.07) is 26.1. The van der Waals surface area contributed by atoms with Crippen LogP contribution in [-0.2, 0) is 5.41 Å².